The SMILES string of the molecule is CCCCCCCCCCCCCCCCCCCCCCCCc1cccc(N=CC(CCCC)=Nc2cccc(CCCCCCCCCCCCCCCCCCCCCCCC)c2)c1.[Pd]. The molecule has 0 saturated carbocycles. The first-order chi connectivity index (χ1) is 33.7. The topological polar surface area (TPSA) is 24.7 Å². The number of hydrogen-bond donors (Lipinski definition) is 0. The molecule has 3 heteroatoms. The van der Waals surface area contributed by atoms with Crippen LogP contribution in [0.3, 0.4) is 0 Å². The Labute approximate surface area is 446 Å². The summed E-state index contributed by atoms with van der Waals surface area (Å²) in [6.07, 6.45) is 70.9. The molecule has 0 fully saturated rings. The van der Waals surface area contributed by atoms with Gasteiger partial charge in [-0.15, -0.1) is 0 Å². The van der Waals surface area contributed by atoms with Gasteiger partial charge >= 0.3 is 0 Å². The molecule has 2 aromatic rings. The van der Waals surface area contributed by atoms with E-state index >= 15 is 0 Å². The van der Waals surface area contributed by atoms with Gasteiger partial charge in [0.05, 0.1) is 17.1 Å². The molecule has 400 valence electrons. The quantitative estimate of drug-likeness (QED) is 0.0358. The molecule has 0 unspecified atom stereocenters. The van der Waals surface area contributed by atoms with Gasteiger partial charge in [-0.1, -0.05) is 321 Å². The Morgan fingerprint density at radius 2 is 0.580 bits per heavy atom. The van der Waals surface area contributed by atoms with Crippen molar-refractivity contribution in [2.24, 2.45) is 9.98 Å². The van der Waals surface area contributed by atoms with E-state index in [2.05, 4.69) is 69.3 Å². The van der Waals surface area contributed by atoms with Crippen LogP contribution in [-0.2, 0) is 33.3 Å². The fraction of sp³-hybridized carbons (Fsp3) is 0.788. The fourth-order valence-electron chi connectivity index (χ4n) is 10.3. The molecule has 0 amide bonds. The van der Waals surface area contributed by atoms with Crippen molar-refractivity contribution < 1.29 is 20.4 Å². The molecule has 0 aliphatic carbocycles. The number of benzene rings is 2. The maximum atomic E-state index is 5.14. The van der Waals surface area contributed by atoms with E-state index in [4.69, 9.17) is 9.98 Å². The van der Waals surface area contributed by atoms with Crippen molar-refractivity contribution in [3.05, 3.63) is 59.7 Å². The third-order valence-electron chi connectivity index (χ3n) is 14.9. The monoisotopic (exact) mass is 1040 g/mol. The van der Waals surface area contributed by atoms with E-state index in [1.165, 1.54) is 300 Å². The zero-order valence-corrected chi connectivity index (χ0v) is 48.1. The molecule has 0 aliphatic rings. The van der Waals surface area contributed by atoms with Crippen LogP contribution in [0.25, 0.3) is 0 Å². The molecular formula is C66H116N2Pd. The molecular weight excluding hydrogens is 927 g/mol. The van der Waals surface area contributed by atoms with Crippen molar-refractivity contribution in [3.8, 4) is 0 Å². The molecule has 0 N–H and O–H groups in total. The average Bonchev–Trinajstić information content (AvgIpc) is 3.35. The largest absolute Gasteiger partial charge is 0.255 e. The normalized spacial score (nSPS) is 11.8. The summed E-state index contributed by atoms with van der Waals surface area (Å²) in [5, 5.41) is 0. The summed E-state index contributed by atoms with van der Waals surface area (Å²) in [5.41, 5.74) is 6.08. The number of unbranched alkanes of at least 4 members (excludes halogenated alkanes) is 43. The number of nitrogens with zero attached hydrogens (tertiary/aromatic N) is 2. The van der Waals surface area contributed by atoms with Crippen molar-refractivity contribution in [2.45, 2.75) is 335 Å². The molecule has 0 radical (unpaired) electrons. The minimum absolute atomic E-state index is 0. The number of rotatable bonds is 52. The zero-order chi connectivity index (χ0) is 48.3. The molecule has 0 saturated heterocycles. The standard InChI is InChI=1S/C66H116N2.Pd/c1-4-7-10-12-14-16-18-20-22-24-26-28-30-32-34-36-38-40-42-44-46-48-52-62-54-50-57-64(59-62)67-61-66(56-9-6-3)68-65-58-51-55-63(60-65)53-49-47-45-43-41-39-37-35-33-31-29-27-25-23-21-19-17-15-13-11-8-5-2;/h50-51,54-55,57-61H,4-49,52-53,56H2,1-3H3;. The zero-order valence-electron chi connectivity index (χ0n) is 46.6. The predicted molar refractivity (Wildman–Crippen MR) is 310 cm³/mol. The van der Waals surface area contributed by atoms with E-state index in [1.54, 1.807) is 0 Å². The van der Waals surface area contributed by atoms with E-state index in [9.17, 15) is 0 Å². The average molecular weight is 1040 g/mol. The van der Waals surface area contributed by atoms with Gasteiger partial charge in [0.25, 0.3) is 0 Å². The van der Waals surface area contributed by atoms with Crippen LogP contribution in [-0.4, -0.2) is 11.9 Å². The van der Waals surface area contributed by atoms with Crippen molar-refractivity contribution in [3.63, 3.8) is 0 Å². The summed E-state index contributed by atoms with van der Waals surface area (Å²) in [6, 6.07) is 17.9. The van der Waals surface area contributed by atoms with E-state index in [0.717, 1.165) is 42.8 Å². The molecule has 2 aromatic carbocycles. The molecule has 0 spiro atoms. The molecule has 0 aromatic heterocycles. The predicted octanol–water partition coefficient (Wildman–Crippen LogP) is 23.6. The van der Waals surface area contributed by atoms with Crippen LogP contribution in [0, 0.1) is 0 Å². The van der Waals surface area contributed by atoms with Crippen LogP contribution in [0.5, 0.6) is 0 Å². The number of hydrogen-bond acceptors (Lipinski definition) is 2. The fourth-order valence-corrected chi connectivity index (χ4v) is 10.3. The summed E-state index contributed by atoms with van der Waals surface area (Å²) in [6.45, 7) is 6.88. The van der Waals surface area contributed by atoms with Gasteiger partial charge in [-0.2, -0.15) is 0 Å². The van der Waals surface area contributed by atoms with Gasteiger partial charge in [-0.3, -0.25) is 9.98 Å². The second-order valence-electron chi connectivity index (χ2n) is 21.7. The Bertz CT molecular complexity index is 1400. The first kappa shape index (κ1) is 65.5. The van der Waals surface area contributed by atoms with Crippen LogP contribution in [0.2, 0.25) is 0 Å². The Morgan fingerprint density at radius 1 is 0.319 bits per heavy atom. The van der Waals surface area contributed by atoms with Crippen LogP contribution >= 0.6 is 0 Å². The molecule has 2 nitrogen and oxygen atoms in total. The molecule has 69 heavy (non-hydrogen) atoms. The van der Waals surface area contributed by atoms with Crippen LogP contribution < -0.4 is 0 Å². The summed E-state index contributed by atoms with van der Waals surface area (Å²) in [4.78, 5) is 10.1. The summed E-state index contributed by atoms with van der Waals surface area (Å²) < 4.78 is 0. The van der Waals surface area contributed by atoms with Gasteiger partial charge in [-0.05, 0) is 73.9 Å². The van der Waals surface area contributed by atoms with Gasteiger partial charge in [0.1, 0.15) is 0 Å². The van der Waals surface area contributed by atoms with Gasteiger partial charge in [0.2, 0.25) is 0 Å². The Hall–Kier alpha value is -1.56. The second-order valence-corrected chi connectivity index (χ2v) is 21.7. The van der Waals surface area contributed by atoms with E-state index in [-0.39, 0.29) is 20.4 Å². The van der Waals surface area contributed by atoms with E-state index < -0.39 is 0 Å². The van der Waals surface area contributed by atoms with E-state index in [1.807, 2.05) is 6.21 Å². The van der Waals surface area contributed by atoms with Gasteiger partial charge < -0.3 is 0 Å². The minimum atomic E-state index is 0. The molecule has 2 rings (SSSR count). The Kier molecular flexibility index (Phi) is 50.0. The maximum absolute atomic E-state index is 5.14. The van der Waals surface area contributed by atoms with Crippen LogP contribution in [0.4, 0.5) is 11.4 Å². The third-order valence-corrected chi connectivity index (χ3v) is 14.9. The summed E-state index contributed by atoms with van der Waals surface area (Å²) in [7, 11) is 0. The van der Waals surface area contributed by atoms with Crippen molar-refractivity contribution >= 4 is 23.3 Å². The molecule has 0 bridgehead atoms. The Morgan fingerprint density at radius 3 is 0.884 bits per heavy atom. The molecule has 0 atom stereocenters. The molecule has 0 heterocycles. The second kappa shape index (κ2) is 52.8. The Balaban J connectivity index is 0.0000238. The van der Waals surface area contributed by atoms with Crippen LogP contribution in [0.1, 0.15) is 334 Å². The number of aliphatic imine (C=N–C) groups is 2. The van der Waals surface area contributed by atoms with Crippen LogP contribution in [0.15, 0.2) is 58.5 Å². The van der Waals surface area contributed by atoms with Gasteiger partial charge in [0, 0.05) is 26.6 Å². The minimum Gasteiger partial charge on any atom is -0.255 e. The van der Waals surface area contributed by atoms with E-state index in [0.29, 0.717) is 0 Å². The number of aryl methyl sites for hydroxylation is 2. The first-order valence-electron chi connectivity index (χ1n) is 31.0. The van der Waals surface area contributed by atoms with Gasteiger partial charge in [0.15, 0.2) is 0 Å². The third kappa shape index (κ3) is 43.7. The first-order valence-corrected chi connectivity index (χ1v) is 31.0. The maximum Gasteiger partial charge on any atom is 0.0636 e. The molecule has 0 aliphatic heterocycles. The van der Waals surface area contributed by atoms with Gasteiger partial charge in [-0.25, -0.2) is 0 Å². The van der Waals surface area contributed by atoms with Crippen molar-refractivity contribution in [1.82, 2.24) is 0 Å². The smallest absolute Gasteiger partial charge is 0.0636 e. The van der Waals surface area contributed by atoms with Crippen molar-refractivity contribution in [1.29, 1.82) is 0 Å². The van der Waals surface area contributed by atoms with Crippen molar-refractivity contribution in [2.75, 3.05) is 0 Å². The summed E-state index contributed by atoms with van der Waals surface area (Å²) >= 11 is 0. The summed E-state index contributed by atoms with van der Waals surface area (Å²) in [5.74, 6) is 0.